The van der Waals surface area contributed by atoms with Crippen LogP contribution in [0.4, 0.5) is 0 Å². The van der Waals surface area contributed by atoms with Crippen LogP contribution in [0.3, 0.4) is 0 Å². The van der Waals surface area contributed by atoms with Crippen LogP contribution >= 0.6 is 11.3 Å². The van der Waals surface area contributed by atoms with E-state index in [2.05, 4.69) is 10.4 Å². The predicted octanol–water partition coefficient (Wildman–Crippen LogP) is 3.81. The summed E-state index contributed by atoms with van der Waals surface area (Å²) in [4.78, 5) is 30.2. The summed E-state index contributed by atoms with van der Waals surface area (Å²) in [5.74, 6) is -0.590. The summed E-state index contributed by atoms with van der Waals surface area (Å²) in [5.41, 5.74) is 1.90. The molecule has 0 bridgehead atoms. The van der Waals surface area contributed by atoms with Gasteiger partial charge in [0.05, 0.1) is 40.2 Å². The van der Waals surface area contributed by atoms with Gasteiger partial charge in [-0.05, 0) is 45.2 Å². The Labute approximate surface area is 167 Å². The summed E-state index contributed by atoms with van der Waals surface area (Å²) in [5, 5.41) is 9.87. The van der Waals surface area contributed by atoms with E-state index in [0.29, 0.717) is 16.6 Å². The molecule has 0 aliphatic rings. The lowest BCUT2D eigenvalue weighted by atomic mass is 10.1. The second-order valence-electron chi connectivity index (χ2n) is 7.00. The van der Waals surface area contributed by atoms with Crippen LogP contribution in [-0.2, 0) is 9.53 Å². The number of ether oxygens (including phenoxy) is 1. The maximum atomic E-state index is 12.8. The van der Waals surface area contributed by atoms with Crippen molar-refractivity contribution in [3.8, 4) is 10.6 Å². The number of rotatable bonds is 7. The molecule has 1 amide bonds. The van der Waals surface area contributed by atoms with Crippen LogP contribution in [0.25, 0.3) is 21.6 Å². The highest BCUT2D eigenvalue weighted by Gasteiger charge is 2.19. The standard InChI is InChI=1S/C20H24N4O3S/c1-12(2)24-19-15(11-22-24)14(10-16(23-19)17-6-5-9-28-17)20(26)21-8-7-18(25)27-13(3)4/h5-6,9-13H,7-8H2,1-4H3,(H,21,26). The number of thiophene rings is 1. The van der Waals surface area contributed by atoms with Crippen molar-refractivity contribution in [3.05, 3.63) is 35.3 Å². The molecule has 8 heteroatoms. The first kappa shape index (κ1) is 20.0. The van der Waals surface area contributed by atoms with E-state index in [-0.39, 0.29) is 37.0 Å². The molecule has 0 saturated carbocycles. The van der Waals surface area contributed by atoms with Gasteiger partial charge >= 0.3 is 5.97 Å². The monoisotopic (exact) mass is 400 g/mol. The highest BCUT2D eigenvalue weighted by atomic mass is 32.1. The largest absolute Gasteiger partial charge is 0.463 e. The van der Waals surface area contributed by atoms with Gasteiger partial charge in [-0.2, -0.15) is 5.10 Å². The molecule has 0 aliphatic carbocycles. The van der Waals surface area contributed by atoms with Crippen molar-refractivity contribution in [2.24, 2.45) is 0 Å². The fourth-order valence-corrected chi connectivity index (χ4v) is 3.52. The van der Waals surface area contributed by atoms with Gasteiger partial charge in [0.1, 0.15) is 0 Å². The van der Waals surface area contributed by atoms with Crippen LogP contribution in [-0.4, -0.2) is 39.3 Å². The van der Waals surface area contributed by atoms with Gasteiger partial charge in [0.2, 0.25) is 0 Å². The van der Waals surface area contributed by atoms with E-state index < -0.39 is 0 Å². The van der Waals surface area contributed by atoms with Crippen LogP contribution < -0.4 is 5.32 Å². The van der Waals surface area contributed by atoms with E-state index in [4.69, 9.17) is 9.72 Å². The summed E-state index contributed by atoms with van der Waals surface area (Å²) < 4.78 is 6.90. The number of aromatic nitrogens is 3. The normalized spacial score (nSPS) is 11.4. The number of amides is 1. The van der Waals surface area contributed by atoms with Gasteiger partial charge in [0.25, 0.3) is 5.91 Å². The van der Waals surface area contributed by atoms with Crippen LogP contribution in [0.5, 0.6) is 0 Å². The Hall–Kier alpha value is -2.74. The van der Waals surface area contributed by atoms with Crippen LogP contribution in [0, 0.1) is 0 Å². The highest BCUT2D eigenvalue weighted by molar-refractivity contribution is 7.13. The molecule has 0 radical (unpaired) electrons. The first-order valence-electron chi connectivity index (χ1n) is 9.26. The minimum atomic E-state index is -0.331. The third-order valence-electron chi connectivity index (χ3n) is 4.06. The minimum absolute atomic E-state index is 0.116. The Morgan fingerprint density at radius 2 is 2.07 bits per heavy atom. The molecule has 0 aliphatic heterocycles. The van der Waals surface area contributed by atoms with E-state index in [1.807, 2.05) is 36.0 Å². The predicted molar refractivity (Wildman–Crippen MR) is 109 cm³/mol. The highest BCUT2D eigenvalue weighted by Crippen LogP contribution is 2.28. The molecule has 0 saturated heterocycles. The number of nitrogens with zero attached hydrogens (tertiary/aromatic N) is 3. The SMILES string of the molecule is CC(C)OC(=O)CCNC(=O)c1cc(-c2cccs2)nc2c1cnn2C(C)C. The van der Waals surface area contributed by atoms with Crippen molar-refractivity contribution in [2.75, 3.05) is 6.54 Å². The summed E-state index contributed by atoms with van der Waals surface area (Å²) in [7, 11) is 0. The minimum Gasteiger partial charge on any atom is -0.463 e. The molecule has 0 spiro atoms. The van der Waals surface area contributed by atoms with Gasteiger partial charge in [-0.25, -0.2) is 9.67 Å². The Balaban J connectivity index is 1.89. The number of esters is 1. The number of nitrogens with one attached hydrogen (secondary N) is 1. The zero-order valence-electron chi connectivity index (χ0n) is 16.4. The maximum Gasteiger partial charge on any atom is 0.307 e. The van der Waals surface area contributed by atoms with Crippen molar-refractivity contribution in [3.63, 3.8) is 0 Å². The summed E-state index contributed by atoms with van der Waals surface area (Å²) in [6.07, 6.45) is 1.63. The van der Waals surface area contributed by atoms with Crippen molar-refractivity contribution >= 4 is 34.2 Å². The van der Waals surface area contributed by atoms with E-state index in [0.717, 1.165) is 10.6 Å². The quantitative estimate of drug-likeness (QED) is 0.610. The molecule has 0 atom stereocenters. The third-order valence-corrected chi connectivity index (χ3v) is 4.95. The van der Waals surface area contributed by atoms with Crippen molar-refractivity contribution in [2.45, 2.75) is 46.3 Å². The second kappa shape index (κ2) is 8.52. The zero-order valence-corrected chi connectivity index (χ0v) is 17.2. The number of carbonyl (C=O) groups excluding carboxylic acids is 2. The summed E-state index contributed by atoms with van der Waals surface area (Å²) in [6.45, 7) is 7.84. The number of fused-ring (bicyclic) bond motifs is 1. The molecule has 0 unspecified atom stereocenters. The number of carbonyl (C=O) groups is 2. The molecule has 0 aromatic carbocycles. The molecule has 3 aromatic rings. The van der Waals surface area contributed by atoms with E-state index in [1.165, 1.54) is 0 Å². The fourth-order valence-electron chi connectivity index (χ4n) is 2.83. The lowest BCUT2D eigenvalue weighted by molar-refractivity contribution is -0.147. The number of hydrogen-bond donors (Lipinski definition) is 1. The van der Waals surface area contributed by atoms with E-state index in [1.54, 1.807) is 37.4 Å². The average Bonchev–Trinajstić information content (AvgIpc) is 3.29. The Bertz CT molecular complexity index is 977. The fraction of sp³-hybridized carbons (Fsp3) is 0.400. The van der Waals surface area contributed by atoms with Crippen molar-refractivity contribution in [1.82, 2.24) is 20.1 Å². The van der Waals surface area contributed by atoms with E-state index in [9.17, 15) is 9.59 Å². The van der Waals surface area contributed by atoms with Gasteiger partial charge in [0, 0.05) is 12.6 Å². The van der Waals surface area contributed by atoms with Gasteiger partial charge in [-0.15, -0.1) is 11.3 Å². The lowest BCUT2D eigenvalue weighted by Crippen LogP contribution is -2.27. The molecule has 148 valence electrons. The van der Waals surface area contributed by atoms with Crippen LogP contribution in [0.1, 0.15) is 50.5 Å². The molecule has 3 rings (SSSR count). The Morgan fingerprint density at radius 3 is 2.71 bits per heavy atom. The molecule has 28 heavy (non-hydrogen) atoms. The van der Waals surface area contributed by atoms with Gasteiger partial charge in [0.15, 0.2) is 5.65 Å². The smallest absolute Gasteiger partial charge is 0.307 e. The maximum absolute atomic E-state index is 12.8. The molecular weight excluding hydrogens is 376 g/mol. The summed E-state index contributed by atoms with van der Waals surface area (Å²) >= 11 is 1.56. The molecule has 7 nitrogen and oxygen atoms in total. The zero-order chi connectivity index (χ0) is 20.3. The first-order valence-corrected chi connectivity index (χ1v) is 10.1. The molecular formula is C20H24N4O3S. The molecule has 3 heterocycles. The van der Waals surface area contributed by atoms with Gasteiger partial charge in [-0.3, -0.25) is 9.59 Å². The lowest BCUT2D eigenvalue weighted by Gasteiger charge is -2.11. The Kier molecular flexibility index (Phi) is 6.08. The van der Waals surface area contributed by atoms with Crippen molar-refractivity contribution in [1.29, 1.82) is 0 Å². The number of pyridine rings is 1. The molecule has 3 aromatic heterocycles. The number of hydrogen-bond acceptors (Lipinski definition) is 6. The van der Waals surface area contributed by atoms with Crippen LogP contribution in [0.15, 0.2) is 29.8 Å². The van der Waals surface area contributed by atoms with Gasteiger partial charge in [-0.1, -0.05) is 6.07 Å². The topological polar surface area (TPSA) is 86.1 Å². The third kappa shape index (κ3) is 4.39. The molecule has 1 N–H and O–H groups in total. The van der Waals surface area contributed by atoms with Crippen LogP contribution in [0.2, 0.25) is 0 Å². The second-order valence-corrected chi connectivity index (χ2v) is 7.94. The van der Waals surface area contributed by atoms with Gasteiger partial charge < -0.3 is 10.1 Å². The first-order chi connectivity index (χ1) is 13.4. The Morgan fingerprint density at radius 1 is 1.29 bits per heavy atom. The van der Waals surface area contributed by atoms with Crippen molar-refractivity contribution < 1.29 is 14.3 Å². The molecule has 0 fully saturated rings. The van der Waals surface area contributed by atoms with E-state index >= 15 is 0 Å². The average molecular weight is 401 g/mol. The summed E-state index contributed by atoms with van der Waals surface area (Å²) in [6, 6.07) is 5.82.